The van der Waals surface area contributed by atoms with Crippen molar-refractivity contribution in [2.45, 2.75) is 58.8 Å². The summed E-state index contributed by atoms with van der Waals surface area (Å²) in [7, 11) is -4.17. The van der Waals surface area contributed by atoms with Crippen molar-refractivity contribution in [3.05, 3.63) is 30.3 Å². The molecule has 6 nitrogen and oxygen atoms in total. The average molecular weight is 364 g/mol. The summed E-state index contributed by atoms with van der Waals surface area (Å²) in [6, 6.07) is 8.71. The van der Waals surface area contributed by atoms with Crippen LogP contribution < -0.4 is 5.73 Å². The van der Waals surface area contributed by atoms with Gasteiger partial charge in [0.15, 0.2) is 0 Å². The molecule has 0 fully saturated rings. The molecule has 0 spiro atoms. The van der Waals surface area contributed by atoms with E-state index < -0.39 is 10.4 Å². The number of phenols is 1. The molecular weight excluding hydrogens is 330 g/mol. The number of para-hydroxylation sites is 1. The lowest BCUT2D eigenvalue weighted by Crippen LogP contribution is -2.01. The quantitative estimate of drug-likeness (QED) is 0.453. The summed E-state index contributed by atoms with van der Waals surface area (Å²) in [4.78, 5) is 0. The number of phenolic OH excluding ortho intramolecular Hbond substituents is 1. The second kappa shape index (κ2) is 18.2. The fourth-order valence-electron chi connectivity index (χ4n) is 1.68. The van der Waals surface area contributed by atoms with Crippen molar-refractivity contribution < 1.29 is 22.3 Å². The van der Waals surface area contributed by atoms with Crippen LogP contribution in [0.15, 0.2) is 30.3 Å². The smallest absolute Gasteiger partial charge is 0.397 e. The molecule has 0 amide bonds. The molecule has 0 saturated heterocycles. The monoisotopic (exact) mass is 363 g/mol. The van der Waals surface area contributed by atoms with Crippen molar-refractivity contribution in [2.24, 2.45) is 5.73 Å². The summed E-state index contributed by atoms with van der Waals surface area (Å²) in [5.41, 5.74) is 5.37. The van der Waals surface area contributed by atoms with Gasteiger partial charge in [-0.25, -0.2) is 4.18 Å². The molecule has 0 aliphatic heterocycles. The van der Waals surface area contributed by atoms with Gasteiger partial charge in [-0.15, -0.1) is 0 Å². The van der Waals surface area contributed by atoms with Crippen molar-refractivity contribution in [1.82, 2.24) is 0 Å². The predicted octanol–water partition coefficient (Wildman–Crippen LogP) is 3.91. The van der Waals surface area contributed by atoms with E-state index in [2.05, 4.69) is 11.1 Å². The molecule has 0 unspecified atom stereocenters. The van der Waals surface area contributed by atoms with Gasteiger partial charge in [-0.1, -0.05) is 63.6 Å². The van der Waals surface area contributed by atoms with E-state index in [-0.39, 0.29) is 6.61 Å². The third-order valence-electron chi connectivity index (χ3n) is 2.83. The first-order valence-corrected chi connectivity index (χ1v) is 9.79. The van der Waals surface area contributed by atoms with Crippen LogP contribution in [0.4, 0.5) is 0 Å². The Morgan fingerprint density at radius 2 is 1.46 bits per heavy atom. The highest BCUT2D eigenvalue weighted by Crippen LogP contribution is 2.05. The summed E-state index contributed by atoms with van der Waals surface area (Å²) in [5.74, 6) is 0.322. The molecule has 24 heavy (non-hydrogen) atoms. The van der Waals surface area contributed by atoms with E-state index >= 15 is 0 Å². The number of hydrogen-bond donors (Lipinski definition) is 3. The normalized spacial score (nSPS) is 10.2. The Morgan fingerprint density at radius 3 is 1.75 bits per heavy atom. The molecule has 1 aromatic carbocycles. The molecule has 0 aliphatic carbocycles. The minimum atomic E-state index is -4.17. The number of nitrogens with two attached hydrogens (primary N) is 1. The molecular formula is C17H33NO5S. The highest BCUT2D eigenvalue weighted by molar-refractivity contribution is 7.80. The molecule has 0 aliphatic rings. The molecule has 1 rings (SSSR count). The number of aromatic hydroxyl groups is 1. The summed E-state index contributed by atoms with van der Waals surface area (Å²) < 4.78 is 30.7. The topological polar surface area (TPSA) is 110 Å². The number of unbranched alkanes of at least 4 members (excludes halogenated alkanes) is 6. The van der Waals surface area contributed by atoms with Crippen molar-refractivity contribution in [3.8, 4) is 5.75 Å². The first-order chi connectivity index (χ1) is 11.4. The fourth-order valence-corrected chi connectivity index (χ4v) is 1.98. The Hall–Kier alpha value is -1.15. The van der Waals surface area contributed by atoms with Gasteiger partial charge in [-0.2, -0.15) is 8.42 Å². The van der Waals surface area contributed by atoms with E-state index in [9.17, 15) is 8.42 Å². The maximum atomic E-state index is 9.56. The molecule has 0 saturated carbocycles. The maximum Gasteiger partial charge on any atom is 0.397 e. The van der Waals surface area contributed by atoms with Crippen LogP contribution in [0, 0.1) is 0 Å². The zero-order valence-electron chi connectivity index (χ0n) is 14.9. The lowest BCUT2D eigenvalue weighted by atomic mass is 10.1. The van der Waals surface area contributed by atoms with Crippen LogP contribution in [0.2, 0.25) is 0 Å². The van der Waals surface area contributed by atoms with Crippen molar-refractivity contribution in [3.63, 3.8) is 0 Å². The van der Waals surface area contributed by atoms with Crippen LogP contribution in [-0.2, 0) is 14.6 Å². The zero-order chi connectivity index (χ0) is 18.7. The van der Waals surface area contributed by atoms with Gasteiger partial charge in [0.05, 0.1) is 6.61 Å². The summed E-state index contributed by atoms with van der Waals surface area (Å²) in [5, 5.41) is 8.63. The standard InChI is InChI=1S/C9H21N.C6H6O.C2H6O4S/c1-2-3-4-5-6-7-8-9-10;7-6-4-2-1-3-5-6;1-2-6-7(3,4)5/h2-10H2,1H3;1-5,7H;2H2,1H3,(H,3,4,5). The highest BCUT2D eigenvalue weighted by atomic mass is 32.3. The average Bonchev–Trinajstić information content (AvgIpc) is 2.52. The molecule has 142 valence electrons. The molecule has 1 aromatic rings. The van der Waals surface area contributed by atoms with E-state index in [0.29, 0.717) is 5.75 Å². The van der Waals surface area contributed by atoms with Gasteiger partial charge in [0.1, 0.15) is 5.75 Å². The maximum absolute atomic E-state index is 9.56. The lowest BCUT2D eigenvalue weighted by molar-refractivity contribution is 0.283. The van der Waals surface area contributed by atoms with E-state index in [1.807, 2.05) is 6.07 Å². The van der Waals surface area contributed by atoms with Gasteiger partial charge in [-0.3, -0.25) is 4.55 Å². The third-order valence-corrected chi connectivity index (χ3v) is 3.36. The van der Waals surface area contributed by atoms with Crippen molar-refractivity contribution >= 4 is 10.4 Å². The molecule has 4 N–H and O–H groups in total. The zero-order valence-corrected chi connectivity index (χ0v) is 15.7. The predicted molar refractivity (Wildman–Crippen MR) is 98.3 cm³/mol. The van der Waals surface area contributed by atoms with Crippen LogP contribution in [0.3, 0.4) is 0 Å². The van der Waals surface area contributed by atoms with Crippen LogP contribution in [0.25, 0.3) is 0 Å². The second-order valence-electron chi connectivity index (χ2n) is 5.08. The molecule has 0 aromatic heterocycles. The molecule has 0 atom stereocenters. The van der Waals surface area contributed by atoms with Crippen molar-refractivity contribution in [1.29, 1.82) is 0 Å². The van der Waals surface area contributed by atoms with E-state index in [1.54, 1.807) is 24.3 Å². The van der Waals surface area contributed by atoms with Gasteiger partial charge >= 0.3 is 10.4 Å². The van der Waals surface area contributed by atoms with Gasteiger partial charge < -0.3 is 10.8 Å². The first kappa shape index (κ1) is 25.1. The van der Waals surface area contributed by atoms with E-state index in [1.165, 1.54) is 51.9 Å². The number of benzene rings is 1. The van der Waals surface area contributed by atoms with E-state index in [0.717, 1.165) is 6.54 Å². The van der Waals surface area contributed by atoms with Gasteiger partial charge in [0, 0.05) is 0 Å². The Labute approximate surface area is 147 Å². The highest BCUT2D eigenvalue weighted by Gasteiger charge is 1.98. The van der Waals surface area contributed by atoms with Crippen molar-refractivity contribution in [2.75, 3.05) is 13.2 Å². The second-order valence-corrected chi connectivity index (χ2v) is 6.17. The SMILES string of the molecule is CCCCCCCCCN.CCOS(=O)(=O)O.Oc1ccccc1. The fraction of sp³-hybridized carbons (Fsp3) is 0.647. The van der Waals surface area contributed by atoms with Gasteiger partial charge in [-0.05, 0) is 32.0 Å². The Morgan fingerprint density at radius 1 is 0.958 bits per heavy atom. The number of rotatable bonds is 9. The Kier molecular flexibility index (Phi) is 19.0. The van der Waals surface area contributed by atoms with Crippen LogP contribution in [-0.4, -0.2) is 31.2 Å². The Balaban J connectivity index is 0. The van der Waals surface area contributed by atoms with Gasteiger partial charge in [0.2, 0.25) is 0 Å². The van der Waals surface area contributed by atoms with Crippen LogP contribution >= 0.6 is 0 Å². The van der Waals surface area contributed by atoms with Gasteiger partial charge in [0.25, 0.3) is 0 Å². The van der Waals surface area contributed by atoms with E-state index in [4.69, 9.17) is 15.4 Å². The lowest BCUT2D eigenvalue weighted by Gasteiger charge is -1.97. The largest absolute Gasteiger partial charge is 0.508 e. The minimum absolute atomic E-state index is 0.0289. The minimum Gasteiger partial charge on any atom is -0.508 e. The summed E-state index contributed by atoms with van der Waals surface area (Å²) in [6.07, 6.45) is 9.51. The van der Waals surface area contributed by atoms with Crippen LogP contribution in [0.5, 0.6) is 5.75 Å². The first-order valence-electron chi connectivity index (χ1n) is 8.43. The summed E-state index contributed by atoms with van der Waals surface area (Å²) in [6.45, 7) is 4.56. The summed E-state index contributed by atoms with van der Waals surface area (Å²) >= 11 is 0. The molecule has 0 radical (unpaired) electrons. The third kappa shape index (κ3) is 25.8. The molecule has 0 bridgehead atoms. The van der Waals surface area contributed by atoms with Crippen LogP contribution in [0.1, 0.15) is 58.8 Å². The molecule has 0 heterocycles. The molecule has 7 heteroatoms. The Bertz CT molecular complexity index is 443. The number of hydrogen-bond acceptors (Lipinski definition) is 5.